The Morgan fingerprint density at radius 1 is 1.10 bits per heavy atom. The summed E-state index contributed by atoms with van der Waals surface area (Å²) in [6.45, 7) is 4.93. The molecule has 3 rings (SSSR count). The Morgan fingerprint density at radius 3 is 2.25 bits per heavy atom. The molecule has 0 radical (unpaired) electrons. The number of rotatable bonds is 3. The van der Waals surface area contributed by atoms with E-state index < -0.39 is 0 Å². The van der Waals surface area contributed by atoms with Crippen molar-refractivity contribution in [3.8, 4) is 0 Å². The van der Waals surface area contributed by atoms with Gasteiger partial charge in [-0.05, 0) is 43.0 Å². The summed E-state index contributed by atoms with van der Waals surface area (Å²) in [5, 5.41) is 0. The SMILES string of the molecule is Cl.Nc1ccc(C(=O)N2CCN(CC3CC3)CC2)cc1. The van der Waals surface area contributed by atoms with Crippen molar-refractivity contribution in [1.29, 1.82) is 0 Å². The van der Waals surface area contributed by atoms with Crippen LogP contribution in [-0.4, -0.2) is 48.4 Å². The molecule has 1 aromatic rings. The van der Waals surface area contributed by atoms with Gasteiger partial charge in [-0.3, -0.25) is 9.69 Å². The molecule has 1 saturated heterocycles. The van der Waals surface area contributed by atoms with Gasteiger partial charge in [-0.1, -0.05) is 0 Å². The molecule has 0 atom stereocenters. The quantitative estimate of drug-likeness (QED) is 0.866. The van der Waals surface area contributed by atoms with Gasteiger partial charge in [0.25, 0.3) is 5.91 Å². The van der Waals surface area contributed by atoms with E-state index in [1.807, 2.05) is 17.0 Å². The Balaban J connectivity index is 0.00000147. The number of nitrogens with two attached hydrogens (primary N) is 1. The van der Waals surface area contributed by atoms with Gasteiger partial charge in [0, 0.05) is 44.0 Å². The Kier molecular flexibility index (Phi) is 4.89. The number of anilines is 1. The molecule has 110 valence electrons. The lowest BCUT2D eigenvalue weighted by Gasteiger charge is -2.34. The van der Waals surface area contributed by atoms with Crippen LogP contribution in [0.2, 0.25) is 0 Å². The number of benzene rings is 1. The van der Waals surface area contributed by atoms with E-state index in [2.05, 4.69) is 4.90 Å². The third-order valence-electron chi connectivity index (χ3n) is 4.03. The summed E-state index contributed by atoms with van der Waals surface area (Å²) >= 11 is 0. The smallest absolute Gasteiger partial charge is 0.253 e. The molecule has 2 fully saturated rings. The third kappa shape index (κ3) is 3.64. The van der Waals surface area contributed by atoms with Gasteiger partial charge in [-0.25, -0.2) is 0 Å². The summed E-state index contributed by atoms with van der Waals surface area (Å²) in [7, 11) is 0. The van der Waals surface area contributed by atoms with E-state index >= 15 is 0 Å². The normalized spacial score (nSPS) is 19.5. The van der Waals surface area contributed by atoms with Crippen LogP contribution >= 0.6 is 12.4 Å². The highest BCUT2D eigenvalue weighted by atomic mass is 35.5. The molecular formula is C15H22ClN3O. The molecular weight excluding hydrogens is 274 g/mol. The van der Waals surface area contributed by atoms with E-state index in [1.54, 1.807) is 12.1 Å². The van der Waals surface area contributed by atoms with E-state index in [0.717, 1.165) is 37.7 Å². The Hall–Kier alpha value is -1.26. The fourth-order valence-electron chi connectivity index (χ4n) is 2.61. The van der Waals surface area contributed by atoms with E-state index in [1.165, 1.54) is 19.4 Å². The van der Waals surface area contributed by atoms with E-state index in [9.17, 15) is 4.79 Å². The number of halogens is 1. The average molecular weight is 296 g/mol. The van der Waals surface area contributed by atoms with E-state index in [-0.39, 0.29) is 18.3 Å². The summed E-state index contributed by atoms with van der Waals surface area (Å²) in [5.41, 5.74) is 7.08. The molecule has 20 heavy (non-hydrogen) atoms. The van der Waals surface area contributed by atoms with Gasteiger partial charge in [-0.15, -0.1) is 12.4 Å². The molecule has 1 aliphatic carbocycles. The van der Waals surface area contributed by atoms with Gasteiger partial charge in [0.15, 0.2) is 0 Å². The number of hydrogen-bond acceptors (Lipinski definition) is 3. The number of amides is 1. The molecule has 1 saturated carbocycles. The monoisotopic (exact) mass is 295 g/mol. The zero-order valence-corrected chi connectivity index (χ0v) is 12.4. The highest BCUT2D eigenvalue weighted by Gasteiger charge is 2.27. The second-order valence-electron chi connectivity index (χ2n) is 5.66. The van der Waals surface area contributed by atoms with Gasteiger partial charge in [-0.2, -0.15) is 0 Å². The van der Waals surface area contributed by atoms with Gasteiger partial charge in [0.1, 0.15) is 0 Å². The van der Waals surface area contributed by atoms with Crippen LogP contribution in [0.5, 0.6) is 0 Å². The molecule has 1 amide bonds. The van der Waals surface area contributed by atoms with Gasteiger partial charge < -0.3 is 10.6 Å². The maximum Gasteiger partial charge on any atom is 0.253 e. The van der Waals surface area contributed by atoms with Crippen molar-refractivity contribution >= 4 is 24.0 Å². The Bertz CT molecular complexity index is 451. The van der Waals surface area contributed by atoms with Crippen molar-refractivity contribution in [2.45, 2.75) is 12.8 Å². The van der Waals surface area contributed by atoms with E-state index in [0.29, 0.717) is 5.69 Å². The molecule has 5 heteroatoms. The Morgan fingerprint density at radius 2 is 1.70 bits per heavy atom. The van der Waals surface area contributed by atoms with Crippen LogP contribution in [0.4, 0.5) is 5.69 Å². The molecule has 0 unspecified atom stereocenters. The van der Waals surface area contributed by atoms with Crippen molar-refractivity contribution in [2.75, 3.05) is 38.5 Å². The van der Waals surface area contributed by atoms with Crippen molar-refractivity contribution < 1.29 is 4.79 Å². The molecule has 2 N–H and O–H groups in total. The van der Waals surface area contributed by atoms with Crippen LogP contribution < -0.4 is 5.73 Å². The van der Waals surface area contributed by atoms with Crippen molar-refractivity contribution in [3.05, 3.63) is 29.8 Å². The fraction of sp³-hybridized carbons (Fsp3) is 0.533. The zero-order chi connectivity index (χ0) is 13.2. The maximum absolute atomic E-state index is 12.3. The predicted octanol–water partition coefficient (Wildman–Crippen LogP) is 1.86. The summed E-state index contributed by atoms with van der Waals surface area (Å²) in [6, 6.07) is 7.20. The van der Waals surface area contributed by atoms with Crippen LogP contribution in [0.15, 0.2) is 24.3 Å². The number of carbonyl (C=O) groups is 1. The van der Waals surface area contributed by atoms with Gasteiger partial charge in [0.2, 0.25) is 0 Å². The lowest BCUT2D eigenvalue weighted by molar-refractivity contribution is 0.0632. The van der Waals surface area contributed by atoms with Crippen LogP contribution in [0.1, 0.15) is 23.2 Å². The molecule has 4 nitrogen and oxygen atoms in total. The first kappa shape index (κ1) is 15.1. The zero-order valence-electron chi connectivity index (χ0n) is 11.6. The van der Waals surface area contributed by atoms with Crippen LogP contribution in [0, 0.1) is 5.92 Å². The first-order valence-corrected chi connectivity index (χ1v) is 7.09. The lowest BCUT2D eigenvalue weighted by Crippen LogP contribution is -2.49. The highest BCUT2D eigenvalue weighted by Crippen LogP contribution is 2.29. The summed E-state index contributed by atoms with van der Waals surface area (Å²) in [5.74, 6) is 1.06. The molecule has 0 spiro atoms. The van der Waals surface area contributed by atoms with Crippen LogP contribution in [0.3, 0.4) is 0 Å². The van der Waals surface area contributed by atoms with E-state index in [4.69, 9.17) is 5.73 Å². The minimum absolute atomic E-state index is 0. The maximum atomic E-state index is 12.3. The predicted molar refractivity (Wildman–Crippen MR) is 83.2 cm³/mol. The summed E-state index contributed by atoms with van der Waals surface area (Å²) in [4.78, 5) is 16.8. The second kappa shape index (κ2) is 6.46. The van der Waals surface area contributed by atoms with Crippen molar-refractivity contribution in [2.24, 2.45) is 5.92 Å². The second-order valence-corrected chi connectivity index (χ2v) is 5.66. The topological polar surface area (TPSA) is 49.6 Å². The van der Waals surface area contributed by atoms with Crippen LogP contribution in [0.25, 0.3) is 0 Å². The molecule has 0 aromatic heterocycles. The standard InChI is InChI=1S/C15H21N3O.ClH/c16-14-5-3-13(4-6-14)15(19)18-9-7-17(8-10-18)11-12-1-2-12;/h3-6,12H,1-2,7-11,16H2;1H. The third-order valence-corrected chi connectivity index (χ3v) is 4.03. The van der Waals surface area contributed by atoms with Crippen molar-refractivity contribution in [1.82, 2.24) is 9.80 Å². The molecule has 1 aromatic carbocycles. The lowest BCUT2D eigenvalue weighted by atomic mass is 10.1. The van der Waals surface area contributed by atoms with Crippen molar-refractivity contribution in [3.63, 3.8) is 0 Å². The van der Waals surface area contributed by atoms with Gasteiger partial charge >= 0.3 is 0 Å². The number of nitrogens with zero attached hydrogens (tertiary/aromatic N) is 2. The molecule has 2 aliphatic rings. The summed E-state index contributed by atoms with van der Waals surface area (Å²) < 4.78 is 0. The largest absolute Gasteiger partial charge is 0.399 e. The fourth-order valence-corrected chi connectivity index (χ4v) is 2.61. The molecule has 1 heterocycles. The Labute approximate surface area is 126 Å². The number of piperazine rings is 1. The number of hydrogen-bond donors (Lipinski definition) is 1. The summed E-state index contributed by atoms with van der Waals surface area (Å²) in [6.07, 6.45) is 2.79. The molecule has 1 aliphatic heterocycles. The minimum Gasteiger partial charge on any atom is -0.399 e. The highest BCUT2D eigenvalue weighted by molar-refractivity contribution is 5.94. The first-order chi connectivity index (χ1) is 9.22. The molecule has 0 bridgehead atoms. The number of nitrogen functional groups attached to an aromatic ring is 1. The minimum atomic E-state index is 0. The number of carbonyl (C=O) groups excluding carboxylic acids is 1. The first-order valence-electron chi connectivity index (χ1n) is 7.09. The van der Waals surface area contributed by atoms with Crippen LogP contribution in [-0.2, 0) is 0 Å². The average Bonchev–Trinajstić information content (AvgIpc) is 3.24. The van der Waals surface area contributed by atoms with Gasteiger partial charge in [0.05, 0.1) is 0 Å².